The van der Waals surface area contributed by atoms with Crippen molar-refractivity contribution >= 4 is 0 Å². The molecule has 0 amide bonds. The summed E-state index contributed by atoms with van der Waals surface area (Å²) >= 11 is 0. The maximum absolute atomic E-state index is 8.71. The van der Waals surface area contributed by atoms with E-state index in [-0.39, 0.29) is 5.41 Å². The molecule has 1 aliphatic carbocycles. The summed E-state index contributed by atoms with van der Waals surface area (Å²) in [6.45, 7) is 3.44. The van der Waals surface area contributed by atoms with E-state index in [9.17, 15) is 0 Å². The normalized spacial score (nSPS) is 15.9. The fourth-order valence-corrected chi connectivity index (χ4v) is 2.13. The average molecular weight is 258 g/mol. The van der Waals surface area contributed by atoms with Gasteiger partial charge in [-0.15, -0.1) is 0 Å². The number of hydrogen-bond acceptors (Lipinski definition) is 3. The lowest BCUT2D eigenvalue weighted by molar-refractivity contribution is 0.0898. The van der Waals surface area contributed by atoms with E-state index in [1.54, 1.807) is 0 Å². The molecule has 0 unspecified atom stereocenters. The van der Waals surface area contributed by atoms with Crippen LogP contribution >= 0.6 is 0 Å². The maximum atomic E-state index is 8.71. The Morgan fingerprint density at radius 3 is 2.74 bits per heavy atom. The molecule has 1 aliphatic rings. The molecule has 19 heavy (non-hydrogen) atoms. The molecule has 2 rings (SSSR count). The van der Waals surface area contributed by atoms with Crippen LogP contribution in [0.15, 0.2) is 30.3 Å². The molecule has 1 aromatic rings. The molecule has 1 fully saturated rings. The van der Waals surface area contributed by atoms with Crippen molar-refractivity contribution in [3.05, 3.63) is 35.9 Å². The fraction of sp³-hybridized carbons (Fsp3) is 0.562. The number of rotatable bonds is 9. The molecule has 3 heteroatoms. The maximum Gasteiger partial charge on any atom is 0.0628 e. The second-order valence-corrected chi connectivity index (χ2v) is 5.40. The summed E-state index contributed by atoms with van der Waals surface area (Å²) < 4.78 is 5.67. The molecule has 0 spiro atoms. The van der Waals surface area contributed by atoms with Gasteiger partial charge in [0, 0.05) is 25.0 Å². The Kier molecular flexibility index (Phi) is 5.38. The van der Waals surface area contributed by atoms with Crippen molar-refractivity contribution in [2.45, 2.75) is 32.2 Å². The van der Waals surface area contributed by atoms with Crippen molar-refractivity contribution in [1.82, 2.24) is 5.32 Å². The summed E-state index contributed by atoms with van der Waals surface area (Å²) in [5.41, 5.74) is 1.53. The van der Waals surface area contributed by atoms with E-state index < -0.39 is 0 Å². The molecule has 0 saturated heterocycles. The van der Waals surface area contributed by atoms with Gasteiger partial charge in [-0.2, -0.15) is 5.26 Å². The van der Waals surface area contributed by atoms with Crippen LogP contribution in [0, 0.1) is 16.7 Å². The summed E-state index contributed by atoms with van der Waals surface area (Å²) in [6, 6.07) is 12.7. The highest BCUT2D eigenvalue weighted by atomic mass is 16.5. The first-order chi connectivity index (χ1) is 9.35. The zero-order chi connectivity index (χ0) is 13.4. The molecule has 0 heterocycles. The molecular weight excluding hydrogens is 236 g/mol. The monoisotopic (exact) mass is 258 g/mol. The molecule has 0 bridgehead atoms. The average Bonchev–Trinajstić information content (AvgIpc) is 3.19. The van der Waals surface area contributed by atoms with Crippen LogP contribution in [0.25, 0.3) is 0 Å². The number of hydrogen-bond donors (Lipinski definition) is 1. The molecule has 3 nitrogen and oxygen atoms in total. The molecule has 1 N–H and O–H groups in total. The Labute approximate surface area is 115 Å². The Morgan fingerprint density at radius 1 is 1.26 bits per heavy atom. The zero-order valence-electron chi connectivity index (χ0n) is 11.4. The van der Waals surface area contributed by atoms with Gasteiger partial charge in [-0.1, -0.05) is 30.3 Å². The lowest BCUT2D eigenvalue weighted by Crippen LogP contribution is -2.17. The van der Waals surface area contributed by atoms with Crippen LogP contribution in [0.1, 0.15) is 31.2 Å². The largest absolute Gasteiger partial charge is 0.381 e. The van der Waals surface area contributed by atoms with Gasteiger partial charge in [0.15, 0.2) is 0 Å². The minimum atomic E-state index is 0.215. The lowest BCUT2D eigenvalue weighted by Gasteiger charge is -2.11. The Bertz CT molecular complexity index is 407. The highest BCUT2D eigenvalue weighted by Crippen LogP contribution is 2.48. The van der Waals surface area contributed by atoms with Gasteiger partial charge in [-0.3, -0.25) is 0 Å². The van der Waals surface area contributed by atoms with Crippen LogP contribution in [0.5, 0.6) is 0 Å². The van der Waals surface area contributed by atoms with Gasteiger partial charge < -0.3 is 10.1 Å². The number of nitriles is 1. The number of nitrogens with zero attached hydrogens (tertiary/aromatic N) is 1. The number of benzene rings is 1. The van der Waals surface area contributed by atoms with E-state index in [1.807, 2.05) is 6.07 Å². The van der Waals surface area contributed by atoms with E-state index >= 15 is 0 Å². The quantitative estimate of drug-likeness (QED) is 0.693. The van der Waals surface area contributed by atoms with Crippen LogP contribution in [-0.2, 0) is 11.3 Å². The number of ether oxygens (including phenoxy) is 1. The van der Waals surface area contributed by atoms with Crippen LogP contribution in [0.4, 0.5) is 0 Å². The predicted molar refractivity (Wildman–Crippen MR) is 75.5 cm³/mol. The molecule has 0 radical (unpaired) electrons. The van der Waals surface area contributed by atoms with Gasteiger partial charge in [0.2, 0.25) is 0 Å². The Hall–Kier alpha value is -1.37. The van der Waals surface area contributed by atoms with Crippen molar-refractivity contribution in [1.29, 1.82) is 5.26 Å². The van der Waals surface area contributed by atoms with Crippen LogP contribution in [0.3, 0.4) is 0 Å². The van der Waals surface area contributed by atoms with E-state index in [4.69, 9.17) is 10.00 Å². The summed E-state index contributed by atoms with van der Waals surface area (Å²) in [5, 5.41) is 12.1. The molecule has 102 valence electrons. The van der Waals surface area contributed by atoms with Crippen molar-refractivity contribution in [2.24, 2.45) is 5.41 Å². The first-order valence-electron chi connectivity index (χ1n) is 7.04. The molecule has 0 atom stereocenters. The van der Waals surface area contributed by atoms with Gasteiger partial charge in [0.05, 0.1) is 12.7 Å². The number of nitrogens with one attached hydrogen (secondary N) is 1. The molecular formula is C16H22N2O. The summed E-state index contributed by atoms with van der Waals surface area (Å²) in [4.78, 5) is 0. The SMILES string of the molecule is N#CCC1(COCCCNCc2ccccc2)CC1. The van der Waals surface area contributed by atoms with Gasteiger partial charge >= 0.3 is 0 Å². The predicted octanol–water partition coefficient (Wildman–Crippen LogP) is 2.88. The standard InChI is InChI=1S/C16H22N2O/c17-10-9-16(7-8-16)14-19-12-4-11-18-13-15-5-2-1-3-6-15/h1-3,5-6,18H,4,7-9,11-14H2. The summed E-state index contributed by atoms with van der Waals surface area (Å²) in [5.74, 6) is 0. The minimum absolute atomic E-state index is 0.215. The Balaban J connectivity index is 1.46. The van der Waals surface area contributed by atoms with Gasteiger partial charge in [-0.25, -0.2) is 0 Å². The fourth-order valence-electron chi connectivity index (χ4n) is 2.13. The first-order valence-corrected chi connectivity index (χ1v) is 7.04. The van der Waals surface area contributed by atoms with Crippen molar-refractivity contribution < 1.29 is 4.74 Å². The second-order valence-electron chi connectivity index (χ2n) is 5.40. The molecule has 1 saturated carbocycles. The first kappa shape index (κ1) is 14.0. The van der Waals surface area contributed by atoms with Crippen LogP contribution < -0.4 is 5.32 Å². The van der Waals surface area contributed by atoms with Crippen LogP contribution in [0.2, 0.25) is 0 Å². The van der Waals surface area contributed by atoms with Gasteiger partial charge in [0.25, 0.3) is 0 Å². The topological polar surface area (TPSA) is 45.0 Å². The van der Waals surface area contributed by atoms with Crippen molar-refractivity contribution in [3.63, 3.8) is 0 Å². The summed E-state index contributed by atoms with van der Waals surface area (Å²) in [7, 11) is 0. The zero-order valence-corrected chi connectivity index (χ0v) is 11.4. The molecule has 0 aromatic heterocycles. The van der Waals surface area contributed by atoms with Gasteiger partial charge in [-0.05, 0) is 31.4 Å². The van der Waals surface area contributed by atoms with E-state index in [0.29, 0.717) is 6.42 Å². The third kappa shape index (κ3) is 5.02. The smallest absolute Gasteiger partial charge is 0.0628 e. The third-order valence-corrected chi connectivity index (χ3v) is 3.63. The Morgan fingerprint density at radius 2 is 2.05 bits per heavy atom. The van der Waals surface area contributed by atoms with Crippen molar-refractivity contribution in [2.75, 3.05) is 19.8 Å². The van der Waals surface area contributed by atoms with E-state index in [2.05, 4.69) is 35.7 Å². The van der Waals surface area contributed by atoms with Crippen molar-refractivity contribution in [3.8, 4) is 6.07 Å². The summed E-state index contributed by atoms with van der Waals surface area (Å²) in [6.07, 6.45) is 3.99. The van der Waals surface area contributed by atoms with Gasteiger partial charge in [0.1, 0.15) is 0 Å². The molecule has 1 aromatic carbocycles. The second kappa shape index (κ2) is 7.28. The highest BCUT2D eigenvalue weighted by Gasteiger charge is 2.42. The lowest BCUT2D eigenvalue weighted by atomic mass is 10.1. The van der Waals surface area contributed by atoms with Crippen LogP contribution in [-0.4, -0.2) is 19.8 Å². The minimum Gasteiger partial charge on any atom is -0.381 e. The van der Waals surface area contributed by atoms with E-state index in [0.717, 1.165) is 45.6 Å². The molecule has 0 aliphatic heterocycles. The van der Waals surface area contributed by atoms with E-state index in [1.165, 1.54) is 5.56 Å². The third-order valence-electron chi connectivity index (χ3n) is 3.63. The highest BCUT2D eigenvalue weighted by molar-refractivity contribution is 5.14.